The molecule has 1 saturated heterocycles. The molecule has 1 fully saturated rings. The van der Waals surface area contributed by atoms with Gasteiger partial charge in [0.1, 0.15) is 0 Å². The molecule has 0 radical (unpaired) electrons. The number of hydrogen-bond acceptors (Lipinski definition) is 3. The third kappa shape index (κ3) is 4.60. The SMILES string of the molecule is C[C@@H](CCN)COC1CCCCO1. The molecule has 0 aromatic heterocycles. The lowest BCUT2D eigenvalue weighted by atomic mass is 10.1. The average molecular weight is 187 g/mol. The van der Waals surface area contributed by atoms with Gasteiger partial charge in [0, 0.05) is 6.61 Å². The van der Waals surface area contributed by atoms with E-state index in [1.165, 1.54) is 12.8 Å². The van der Waals surface area contributed by atoms with Crippen molar-refractivity contribution in [1.82, 2.24) is 0 Å². The van der Waals surface area contributed by atoms with Crippen molar-refractivity contribution < 1.29 is 9.47 Å². The molecule has 0 bridgehead atoms. The summed E-state index contributed by atoms with van der Waals surface area (Å²) >= 11 is 0. The van der Waals surface area contributed by atoms with Crippen LogP contribution < -0.4 is 5.73 Å². The molecule has 0 aromatic rings. The van der Waals surface area contributed by atoms with E-state index in [4.69, 9.17) is 15.2 Å². The zero-order chi connectivity index (χ0) is 9.52. The lowest BCUT2D eigenvalue weighted by Crippen LogP contribution is -2.25. The van der Waals surface area contributed by atoms with Gasteiger partial charge in [-0.3, -0.25) is 0 Å². The van der Waals surface area contributed by atoms with Crippen LogP contribution in [0.15, 0.2) is 0 Å². The van der Waals surface area contributed by atoms with Crippen LogP contribution in [-0.2, 0) is 9.47 Å². The van der Waals surface area contributed by atoms with E-state index >= 15 is 0 Å². The second kappa shape index (κ2) is 6.35. The summed E-state index contributed by atoms with van der Waals surface area (Å²) in [5.74, 6) is 0.551. The Labute approximate surface area is 80.6 Å². The molecular weight excluding hydrogens is 166 g/mol. The Morgan fingerprint density at radius 1 is 1.54 bits per heavy atom. The highest BCUT2D eigenvalue weighted by molar-refractivity contribution is 4.56. The fourth-order valence-electron chi connectivity index (χ4n) is 1.48. The van der Waals surface area contributed by atoms with Gasteiger partial charge in [-0.25, -0.2) is 0 Å². The molecule has 0 spiro atoms. The third-order valence-corrected chi connectivity index (χ3v) is 2.36. The summed E-state index contributed by atoms with van der Waals surface area (Å²) in [6.07, 6.45) is 4.55. The molecule has 0 aromatic carbocycles. The van der Waals surface area contributed by atoms with Crippen molar-refractivity contribution >= 4 is 0 Å². The predicted octanol–water partition coefficient (Wildman–Crippen LogP) is 1.51. The summed E-state index contributed by atoms with van der Waals surface area (Å²) in [5.41, 5.74) is 5.45. The first-order valence-electron chi connectivity index (χ1n) is 5.26. The number of hydrogen-bond donors (Lipinski definition) is 1. The standard InChI is InChI=1S/C10H21NO2/c1-9(5-6-11)8-13-10-4-2-3-7-12-10/h9-10H,2-8,11H2,1H3/t9-,10?/m0/s1. The van der Waals surface area contributed by atoms with Crippen LogP contribution in [0.3, 0.4) is 0 Å². The highest BCUT2D eigenvalue weighted by Gasteiger charge is 2.14. The van der Waals surface area contributed by atoms with Crippen LogP contribution in [0.1, 0.15) is 32.6 Å². The van der Waals surface area contributed by atoms with Gasteiger partial charge in [-0.15, -0.1) is 0 Å². The summed E-state index contributed by atoms with van der Waals surface area (Å²) < 4.78 is 11.1. The second-order valence-corrected chi connectivity index (χ2v) is 3.81. The Morgan fingerprint density at radius 2 is 2.38 bits per heavy atom. The van der Waals surface area contributed by atoms with Crippen molar-refractivity contribution in [3.8, 4) is 0 Å². The molecule has 78 valence electrons. The van der Waals surface area contributed by atoms with Gasteiger partial charge in [0.05, 0.1) is 6.61 Å². The molecule has 1 rings (SSSR count). The Kier molecular flexibility index (Phi) is 5.35. The van der Waals surface area contributed by atoms with E-state index in [0.29, 0.717) is 5.92 Å². The molecule has 3 nitrogen and oxygen atoms in total. The van der Waals surface area contributed by atoms with Gasteiger partial charge >= 0.3 is 0 Å². The third-order valence-electron chi connectivity index (χ3n) is 2.36. The molecule has 0 amide bonds. The van der Waals surface area contributed by atoms with Crippen molar-refractivity contribution in [3.05, 3.63) is 0 Å². The van der Waals surface area contributed by atoms with E-state index in [2.05, 4.69) is 6.92 Å². The van der Waals surface area contributed by atoms with Crippen LogP contribution in [0.5, 0.6) is 0 Å². The van der Waals surface area contributed by atoms with Gasteiger partial charge in [0.2, 0.25) is 0 Å². The molecule has 13 heavy (non-hydrogen) atoms. The molecule has 1 unspecified atom stereocenters. The zero-order valence-electron chi connectivity index (χ0n) is 8.50. The monoisotopic (exact) mass is 187 g/mol. The molecular formula is C10H21NO2. The molecule has 1 aliphatic rings. The average Bonchev–Trinajstić information content (AvgIpc) is 2.17. The molecule has 1 aliphatic heterocycles. The molecule has 0 aliphatic carbocycles. The van der Waals surface area contributed by atoms with Crippen LogP contribution in [0.25, 0.3) is 0 Å². The first-order valence-corrected chi connectivity index (χ1v) is 5.26. The largest absolute Gasteiger partial charge is 0.353 e. The molecule has 1 heterocycles. The van der Waals surface area contributed by atoms with Crippen molar-refractivity contribution in [3.63, 3.8) is 0 Å². The van der Waals surface area contributed by atoms with E-state index in [-0.39, 0.29) is 6.29 Å². The maximum Gasteiger partial charge on any atom is 0.157 e. The van der Waals surface area contributed by atoms with Crippen molar-refractivity contribution in [2.24, 2.45) is 11.7 Å². The van der Waals surface area contributed by atoms with Crippen LogP contribution >= 0.6 is 0 Å². The smallest absolute Gasteiger partial charge is 0.157 e. The Hall–Kier alpha value is -0.120. The molecule has 2 atom stereocenters. The predicted molar refractivity (Wildman–Crippen MR) is 52.4 cm³/mol. The minimum absolute atomic E-state index is 0.0500. The lowest BCUT2D eigenvalue weighted by Gasteiger charge is -2.24. The molecule has 0 saturated carbocycles. The quantitative estimate of drug-likeness (QED) is 0.709. The number of rotatable bonds is 5. The van der Waals surface area contributed by atoms with Crippen molar-refractivity contribution in [1.29, 1.82) is 0 Å². The lowest BCUT2D eigenvalue weighted by molar-refractivity contribution is -0.168. The fraction of sp³-hybridized carbons (Fsp3) is 1.00. The van der Waals surface area contributed by atoms with Crippen LogP contribution in [0.2, 0.25) is 0 Å². The Bertz CT molecular complexity index is 124. The number of ether oxygens (including phenoxy) is 2. The van der Waals surface area contributed by atoms with Crippen LogP contribution in [0, 0.1) is 5.92 Å². The van der Waals surface area contributed by atoms with Crippen molar-refractivity contribution in [2.75, 3.05) is 19.8 Å². The first-order chi connectivity index (χ1) is 6.33. The summed E-state index contributed by atoms with van der Waals surface area (Å²) in [7, 11) is 0. The molecule has 3 heteroatoms. The summed E-state index contributed by atoms with van der Waals surface area (Å²) in [6.45, 7) is 4.55. The van der Waals surface area contributed by atoms with Gasteiger partial charge in [-0.05, 0) is 38.1 Å². The minimum Gasteiger partial charge on any atom is -0.353 e. The second-order valence-electron chi connectivity index (χ2n) is 3.81. The number of nitrogens with two attached hydrogens (primary N) is 1. The highest BCUT2D eigenvalue weighted by atomic mass is 16.7. The van der Waals surface area contributed by atoms with Gasteiger partial charge in [0.15, 0.2) is 6.29 Å². The normalized spacial score (nSPS) is 25.8. The van der Waals surface area contributed by atoms with Gasteiger partial charge in [-0.2, -0.15) is 0 Å². The molecule has 2 N–H and O–H groups in total. The van der Waals surface area contributed by atoms with E-state index in [1.807, 2.05) is 0 Å². The highest BCUT2D eigenvalue weighted by Crippen LogP contribution is 2.15. The van der Waals surface area contributed by atoms with E-state index in [1.54, 1.807) is 0 Å². The Morgan fingerprint density at radius 3 is 3.00 bits per heavy atom. The summed E-state index contributed by atoms with van der Waals surface area (Å²) in [5, 5.41) is 0. The van der Waals surface area contributed by atoms with E-state index in [9.17, 15) is 0 Å². The summed E-state index contributed by atoms with van der Waals surface area (Å²) in [4.78, 5) is 0. The maximum absolute atomic E-state index is 5.62. The Balaban J connectivity index is 2.03. The van der Waals surface area contributed by atoms with Gasteiger partial charge in [0.25, 0.3) is 0 Å². The van der Waals surface area contributed by atoms with Gasteiger partial charge in [-0.1, -0.05) is 6.92 Å². The van der Waals surface area contributed by atoms with Gasteiger partial charge < -0.3 is 15.2 Å². The van der Waals surface area contributed by atoms with Crippen molar-refractivity contribution in [2.45, 2.75) is 38.9 Å². The zero-order valence-corrected chi connectivity index (χ0v) is 8.50. The van der Waals surface area contributed by atoms with E-state index in [0.717, 1.165) is 32.6 Å². The fourth-order valence-corrected chi connectivity index (χ4v) is 1.48. The minimum atomic E-state index is 0.0500. The first kappa shape index (κ1) is 11.0. The van der Waals surface area contributed by atoms with E-state index < -0.39 is 0 Å². The topological polar surface area (TPSA) is 44.5 Å². The maximum atomic E-state index is 5.62. The van der Waals surface area contributed by atoms with Crippen LogP contribution in [0.4, 0.5) is 0 Å². The summed E-state index contributed by atoms with van der Waals surface area (Å²) in [6, 6.07) is 0. The van der Waals surface area contributed by atoms with Crippen LogP contribution in [-0.4, -0.2) is 26.0 Å².